The minimum absolute atomic E-state index is 0.0620. The maximum atomic E-state index is 12.2. The van der Waals surface area contributed by atoms with Crippen molar-refractivity contribution in [3.8, 4) is 0 Å². The summed E-state index contributed by atoms with van der Waals surface area (Å²) >= 11 is 0. The maximum Gasteiger partial charge on any atom is 0.187 e. The normalized spacial score (nSPS) is 50.5. The molecular weight excluding hydrogens is 572 g/mol. The fraction of sp³-hybridized carbons (Fsp3) is 0.879. The highest BCUT2D eigenvalue weighted by Gasteiger charge is 2.62. The maximum absolute atomic E-state index is 12.2. The van der Waals surface area contributed by atoms with Crippen molar-refractivity contribution in [1.29, 1.82) is 0 Å². The first-order valence-corrected chi connectivity index (χ1v) is 16.2. The van der Waals surface area contributed by atoms with Gasteiger partial charge in [0.2, 0.25) is 0 Å². The Balaban J connectivity index is 1.36. The van der Waals surface area contributed by atoms with Gasteiger partial charge in [-0.25, -0.2) is 0 Å². The molecule has 6 aliphatic rings. The zero-order chi connectivity index (χ0) is 31.8. The van der Waals surface area contributed by atoms with Crippen molar-refractivity contribution < 1.29 is 53.6 Å². The molecule has 4 N–H and O–H groups in total. The summed E-state index contributed by atoms with van der Waals surface area (Å²) in [6.07, 6.45) is -3.13. The lowest BCUT2D eigenvalue weighted by molar-refractivity contribution is -0.403. The number of aliphatic hydroxyl groups excluding tert-OH is 3. The highest BCUT2D eigenvalue weighted by Crippen LogP contribution is 2.56. The molecule has 0 spiro atoms. The smallest absolute Gasteiger partial charge is 0.187 e. The van der Waals surface area contributed by atoms with Crippen molar-refractivity contribution in [3.63, 3.8) is 0 Å². The Morgan fingerprint density at radius 1 is 1.02 bits per heavy atom. The summed E-state index contributed by atoms with van der Waals surface area (Å²) in [5.41, 5.74) is 0.428. The van der Waals surface area contributed by atoms with Gasteiger partial charge >= 0.3 is 0 Å². The quantitative estimate of drug-likeness (QED) is 0.232. The molecule has 1 saturated carbocycles. The van der Waals surface area contributed by atoms with Gasteiger partial charge < -0.3 is 53.6 Å². The van der Waals surface area contributed by atoms with Crippen molar-refractivity contribution in [3.05, 3.63) is 22.8 Å². The predicted octanol–water partition coefficient (Wildman–Crippen LogP) is 1.84. The lowest BCUT2D eigenvalue weighted by Gasteiger charge is -2.53. The van der Waals surface area contributed by atoms with Crippen molar-refractivity contribution in [1.82, 2.24) is 0 Å². The number of hydrogen-bond acceptors (Lipinski definition) is 11. The molecule has 3 aliphatic carbocycles. The van der Waals surface area contributed by atoms with E-state index in [1.54, 1.807) is 21.1 Å². The van der Waals surface area contributed by atoms with Crippen LogP contribution in [0.4, 0.5) is 0 Å². The standard InChI is InChI=1S/C33H52O11/c1-16(2)18-8-10-31(4)12-20-19(9-11-33(20,37)15-39-7)17(3)24(34)27(23(18)31)42-29-25(35)28-26(21(41-29)13-38-6)44-32(5,22-14-40-22)30(36)43-28/h12,16-17,19,21-22,24-30,34-37H,8-11,13-15H2,1-7H3/t17-,19+,21-,22+,24-,25-,26-,27-,28-,29-,30-,31-,32+,33+/m1/s1. The van der Waals surface area contributed by atoms with Crippen LogP contribution in [-0.2, 0) is 33.2 Å². The number of ether oxygens (including phenoxy) is 7. The number of hydrogen-bond donors (Lipinski definition) is 4. The zero-order valence-corrected chi connectivity index (χ0v) is 27.1. The molecule has 0 aromatic heterocycles. The van der Waals surface area contributed by atoms with Gasteiger partial charge in [-0.1, -0.05) is 39.3 Å². The van der Waals surface area contributed by atoms with Gasteiger partial charge in [0.15, 0.2) is 12.6 Å². The van der Waals surface area contributed by atoms with Crippen LogP contribution >= 0.6 is 0 Å². The van der Waals surface area contributed by atoms with E-state index in [2.05, 4.69) is 26.8 Å². The van der Waals surface area contributed by atoms with Crippen LogP contribution in [0.3, 0.4) is 0 Å². The number of aliphatic hydroxyl groups is 4. The first-order valence-electron chi connectivity index (χ1n) is 16.2. The van der Waals surface area contributed by atoms with Crippen LogP contribution < -0.4 is 0 Å². The molecule has 11 nitrogen and oxygen atoms in total. The molecule has 0 amide bonds. The second kappa shape index (κ2) is 11.9. The average Bonchev–Trinajstić information content (AvgIpc) is 3.71. The number of allylic oxidation sites excluding steroid dienone is 2. The molecule has 0 bridgehead atoms. The molecule has 6 rings (SSSR count). The van der Waals surface area contributed by atoms with E-state index in [4.69, 9.17) is 33.2 Å². The van der Waals surface area contributed by atoms with Gasteiger partial charge in [0.1, 0.15) is 47.8 Å². The molecule has 0 unspecified atom stereocenters. The second-order valence-electron chi connectivity index (χ2n) is 14.7. The Bertz CT molecular complexity index is 1140. The Labute approximate surface area is 260 Å². The molecule has 0 aromatic carbocycles. The van der Waals surface area contributed by atoms with E-state index in [0.29, 0.717) is 13.0 Å². The first-order chi connectivity index (χ1) is 20.8. The molecule has 3 aliphatic heterocycles. The fourth-order valence-electron chi connectivity index (χ4n) is 8.68. The number of epoxide rings is 1. The third kappa shape index (κ3) is 5.34. The summed E-state index contributed by atoms with van der Waals surface area (Å²) in [5.74, 6) is -0.124. The van der Waals surface area contributed by atoms with Crippen molar-refractivity contribution >= 4 is 0 Å². The van der Waals surface area contributed by atoms with Gasteiger partial charge in [-0.2, -0.15) is 0 Å². The lowest BCUT2D eigenvalue weighted by atomic mass is 9.68. The summed E-state index contributed by atoms with van der Waals surface area (Å²) < 4.78 is 41.9. The van der Waals surface area contributed by atoms with Gasteiger partial charge in [0.25, 0.3) is 0 Å². The van der Waals surface area contributed by atoms with E-state index in [1.807, 2.05) is 6.92 Å². The van der Waals surface area contributed by atoms with E-state index >= 15 is 0 Å². The van der Waals surface area contributed by atoms with Crippen molar-refractivity contribution in [2.45, 2.75) is 127 Å². The predicted molar refractivity (Wildman–Crippen MR) is 157 cm³/mol. The molecule has 250 valence electrons. The van der Waals surface area contributed by atoms with Crippen LogP contribution in [-0.4, -0.2) is 121 Å². The largest absolute Gasteiger partial charge is 0.390 e. The third-order valence-corrected chi connectivity index (χ3v) is 11.4. The van der Waals surface area contributed by atoms with Gasteiger partial charge in [0, 0.05) is 19.6 Å². The Hall–Kier alpha value is -0.960. The van der Waals surface area contributed by atoms with Crippen LogP contribution in [0.2, 0.25) is 0 Å². The summed E-state index contributed by atoms with van der Waals surface area (Å²) in [6.45, 7) is 11.0. The SMILES string of the molecule is COC[C@H]1O[C@H](O[C@@H]2C3=C(C(C)C)CC[C@]3(C)C=C3[C@@H](CC[C@]3(O)COC)[C@@H](C)[C@H]2O)[C@H](O)[C@H]2O[C@@H](O)[C@](C)([C@@H]3CO3)O[C@@H]21. The van der Waals surface area contributed by atoms with E-state index in [1.165, 1.54) is 5.57 Å². The lowest BCUT2D eigenvalue weighted by Crippen LogP contribution is -2.70. The molecule has 0 aromatic rings. The van der Waals surface area contributed by atoms with Crippen LogP contribution in [0, 0.1) is 23.2 Å². The minimum atomic E-state index is -1.33. The number of methoxy groups -OCH3 is 2. The van der Waals surface area contributed by atoms with Gasteiger partial charge in [0.05, 0.1) is 25.9 Å². The number of fused-ring (bicyclic) bond motifs is 3. The second-order valence-corrected chi connectivity index (χ2v) is 14.7. The molecule has 3 heterocycles. The minimum Gasteiger partial charge on any atom is -0.390 e. The van der Waals surface area contributed by atoms with Crippen LogP contribution in [0.1, 0.15) is 60.3 Å². The molecule has 0 radical (unpaired) electrons. The Morgan fingerprint density at radius 3 is 2.39 bits per heavy atom. The van der Waals surface area contributed by atoms with E-state index in [0.717, 1.165) is 30.4 Å². The average molecular weight is 625 g/mol. The zero-order valence-electron chi connectivity index (χ0n) is 27.1. The van der Waals surface area contributed by atoms with Crippen LogP contribution in [0.15, 0.2) is 22.8 Å². The molecule has 3 saturated heterocycles. The first kappa shape index (κ1) is 33.0. The van der Waals surface area contributed by atoms with Crippen LogP contribution in [0.5, 0.6) is 0 Å². The highest BCUT2D eigenvalue weighted by atomic mass is 16.7. The Morgan fingerprint density at radius 2 is 1.75 bits per heavy atom. The van der Waals surface area contributed by atoms with Crippen molar-refractivity contribution in [2.24, 2.45) is 23.2 Å². The summed E-state index contributed by atoms with van der Waals surface area (Å²) in [6, 6.07) is 0. The van der Waals surface area contributed by atoms with E-state index in [9.17, 15) is 20.4 Å². The summed E-state index contributed by atoms with van der Waals surface area (Å²) in [7, 11) is 3.16. The fourth-order valence-corrected chi connectivity index (χ4v) is 8.68. The molecule has 4 fully saturated rings. The molecule has 11 heteroatoms. The van der Waals surface area contributed by atoms with Crippen LogP contribution in [0.25, 0.3) is 0 Å². The van der Waals surface area contributed by atoms with Gasteiger partial charge in [-0.05, 0) is 61.5 Å². The number of rotatable bonds is 8. The van der Waals surface area contributed by atoms with Gasteiger partial charge in [-0.15, -0.1) is 0 Å². The monoisotopic (exact) mass is 624 g/mol. The highest BCUT2D eigenvalue weighted by molar-refractivity contribution is 5.42. The Kier molecular flexibility index (Phi) is 8.94. The molecule has 14 atom stereocenters. The van der Waals surface area contributed by atoms with Gasteiger partial charge in [-0.3, -0.25) is 0 Å². The van der Waals surface area contributed by atoms with Crippen molar-refractivity contribution in [2.75, 3.05) is 34.0 Å². The molecular formula is C33H52O11. The topological polar surface area (TPSA) is 149 Å². The molecule has 44 heavy (non-hydrogen) atoms. The summed E-state index contributed by atoms with van der Waals surface area (Å²) in [4.78, 5) is 0. The van der Waals surface area contributed by atoms with E-state index in [-0.39, 0.29) is 37.1 Å². The third-order valence-electron chi connectivity index (χ3n) is 11.4. The summed E-state index contributed by atoms with van der Waals surface area (Å²) in [5, 5.41) is 46.5. The van der Waals surface area contributed by atoms with E-state index < -0.39 is 65.8 Å².